The molecular formula is C25H27N5O5. The van der Waals surface area contributed by atoms with Crippen LogP contribution < -0.4 is 20.5 Å². The third-order valence-corrected chi connectivity index (χ3v) is 5.55. The number of nitrogens with two attached hydrogens (primary N) is 1. The van der Waals surface area contributed by atoms with Gasteiger partial charge in [-0.2, -0.15) is 0 Å². The van der Waals surface area contributed by atoms with Crippen molar-refractivity contribution in [1.29, 1.82) is 0 Å². The highest BCUT2D eigenvalue weighted by atomic mass is 16.5. The number of methoxy groups -OCH3 is 2. The van der Waals surface area contributed by atoms with Gasteiger partial charge in [-0.1, -0.05) is 12.1 Å². The highest BCUT2D eigenvalue weighted by molar-refractivity contribution is 6.08. The molecule has 2 aromatic carbocycles. The smallest absolute Gasteiger partial charge is 0.344 e. The molecule has 1 amide bonds. The summed E-state index contributed by atoms with van der Waals surface area (Å²) in [5.41, 5.74) is 9.09. The van der Waals surface area contributed by atoms with E-state index in [2.05, 4.69) is 10.3 Å². The van der Waals surface area contributed by atoms with E-state index in [4.69, 9.17) is 24.9 Å². The normalized spacial score (nSPS) is 11.9. The monoisotopic (exact) mass is 477 g/mol. The first kappa shape index (κ1) is 23.8. The average Bonchev–Trinajstić information content (AvgIpc) is 3.12. The predicted octanol–water partition coefficient (Wildman–Crippen LogP) is 3.18. The summed E-state index contributed by atoms with van der Waals surface area (Å²) in [5.74, 6) is 0.299. The Kier molecular flexibility index (Phi) is 6.72. The van der Waals surface area contributed by atoms with Gasteiger partial charge in [0.2, 0.25) is 0 Å². The van der Waals surface area contributed by atoms with E-state index >= 15 is 0 Å². The fourth-order valence-corrected chi connectivity index (χ4v) is 3.91. The van der Waals surface area contributed by atoms with Gasteiger partial charge < -0.3 is 29.8 Å². The van der Waals surface area contributed by atoms with Crippen molar-refractivity contribution < 1.29 is 23.8 Å². The molecule has 35 heavy (non-hydrogen) atoms. The van der Waals surface area contributed by atoms with Gasteiger partial charge in [0.25, 0.3) is 5.91 Å². The SMILES string of the molecule is CCOC(=O)c1c(N)n(CC(C)NC(=O)c2ccc(OC)c(OC)c2)c2nc3ccccc3nc12. The number of nitrogens with zero attached hydrogens (tertiary/aromatic N) is 3. The van der Waals surface area contributed by atoms with Crippen LogP contribution in [-0.2, 0) is 11.3 Å². The minimum Gasteiger partial charge on any atom is -0.493 e. The summed E-state index contributed by atoms with van der Waals surface area (Å²) < 4.78 is 17.4. The number of fused-ring (bicyclic) bond motifs is 2. The standard InChI is InChI=1S/C25H27N5O5/c1-5-35-25(32)20-21-23(29-17-9-7-6-8-16(17)28-21)30(22(20)26)13-14(2)27-24(31)15-10-11-18(33-3)19(12-15)34-4/h6-12,14H,5,13,26H2,1-4H3,(H,27,31). The zero-order valence-electron chi connectivity index (χ0n) is 20.0. The van der Waals surface area contributed by atoms with E-state index in [1.807, 2.05) is 31.2 Å². The zero-order chi connectivity index (χ0) is 25.1. The summed E-state index contributed by atoms with van der Waals surface area (Å²) >= 11 is 0. The van der Waals surface area contributed by atoms with E-state index in [1.165, 1.54) is 14.2 Å². The Balaban J connectivity index is 1.67. The van der Waals surface area contributed by atoms with Gasteiger partial charge in [0.05, 0.1) is 31.9 Å². The molecule has 0 saturated carbocycles. The number of carbonyl (C=O) groups excluding carboxylic acids is 2. The lowest BCUT2D eigenvalue weighted by atomic mass is 10.1. The van der Waals surface area contributed by atoms with Gasteiger partial charge in [0, 0.05) is 18.2 Å². The van der Waals surface area contributed by atoms with E-state index in [-0.39, 0.29) is 36.5 Å². The lowest BCUT2D eigenvalue weighted by Gasteiger charge is -2.17. The molecule has 10 heteroatoms. The molecule has 0 bridgehead atoms. The van der Waals surface area contributed by atoms with Gasteiger partial charge in [-0.05, 0) is 44.2 Å². The Morgan fingerprint density at radius 2 is 1.74 bits per heavy atom. The molecular weight excluding hydrogens is 450 g/mol. The molecule has 182 valence electrons. The van der Waals surface area contributed by atoms with Gasteiger partial charge in [-0.15, -0.1) is 0 Å². The summed E-state index contributed by atoms with van der Waals surface area (Å²) in [5, 5.41) is 2.95. The molecule has 2 aromatic heterocycles. The van der Waals surface area contributed by atoms with Crippen LogP contribution in [0, 0.1) is 0 Å². The van der Waals surface area contributed by atoms with Crippen molar-refractivity contribution in [3.05, 3.63) is 53.6 Å². The number of benzene rings is 2. The van der Waals surface area contributed by atoms with Crippen LogP contribution in [0.15, 0.2) is 42.5 Å². The van der Waals surface area contributed by atoms with Crippen molar-refractivity contribution in [2.45, 2.75) is 26.4 Å². The molecule has 0 aliphatic carbocycles. The number of esters is 1. The average molecular weight is 478 g/mol. The van der Waals surface area contributed by atoms with E-state index < -0.39 is 5.97 Å². The van der Waals surface area contributed by atoms with Crippen LogP contribution in [-0.4, -0.2) is 53.3 Å². The van der Waals surface area contributed by atoms with Crippen molar-refractivity contribution >= 4 is 39.9 Å². The second-order valence-corrected chi connectivity index (χ2v) is 7.92. The summed E-state index contributed by atoms with van der Waals surface area (Å²) in [4.78, 5) is 34.9. The number of anilines is 1. The van der Waals surface area contributed by atoms with Crippen molar-refractivity contribution in [3.8, 4) is 11.5 Å². The summed E-state index contributed by atoms with van der Waals surface area (Å²) in [7, 11) is 3.04. The molecule has 0 saturated heterocycles. The van der Waals surface area contributed by atoms with Crippen LogP contribution in [0.2, 0.25) is 0 Å². The predicted molar refractivity (Wildman–Crippen MR) is 132 cm³/mol. The number of amides is 1. The quantitative estimate of drug-likeness (QED) is 0.370. The first-order chi connectivity index (χ1) is 16.9. The Bertz CT molecular complexity index is 1410. The maximum atomic E-state index is 12.9. The van der Waals surface area contributed by atoms with Gasteiger partial charge in [0.1, 0.15) is 16.9 Å². The number of hydrogen-bond acceptors (Lipinski definition) is 8. The number of nitrogens with one attached hydrogen (secondary N) is 1. The van der Waals surface area contributed by atoms with Crippen molar-refractivity contribution in [2.75, 3.05) is 26.6 Å². The number of rotatable bonds is 8. The van der Waals surface area contributed by atoms with Crippen molar-refractivity contribution in [1.82, 2.24) is 19.9 Å². The van der Waals surface area contributed by atoms with Gasteiger partial charge >= 0.3 is 5.97 Å². The largest absolute Gasteiger partial charge is 0.493 e. The molecule has 2 heterocycles. The van der Waals surface area contributed by atoms with Crippen molar-refractivity contribution in [2.24, 2.45) is 0 Å². The first-order valence-electron chi connectivity index (χ1n) is 11.1. The molecule has 0 fully saturated rings. The number of hydrogen-bond donors (Lipinski definition) is 2. The van der Waals surface area contributed by atoms with Crippen molar-refractivity contribution in [3.63, 3.8) is 0 Å². The summed E-state index contributed by atoms with van der Waals surface area (Å²) in [6, 6.07) is 11.9. The van der Waals surface area contributed by atoms with Crippen LogP contribution in [0.25, 0.3) is 22.2 Å². The number of aromatic nitrogens is 3. The molecule has 1 atom stereocenters. The fourth-order valence-electron chi connectivity index (χ4n) is 3.91. The maximum absolute atomic E-state index is 12.9. The zero-order valence-corrected chi connectivity index (χ0v) is 20.0. The Morgan fingerprint density at radius 3 is 2.40 bits per heavy atom. The highest BCUT2D eigenvalue weighted by Gasteiger charge is 2.26. The topological polar surface area (TPSA) is 131 Å². The Hall–Kier alpha value is -4.34. The lowest BCUT2D eigenvalue weighted by Crippen LogP contribution is -2.36. The Labute approximate surface area is 202 Å². The Morgan fingerprint density at radius 1 is 1.06 bits per heavy atom. The molecule has 0 aliphatic heterocycles. The molecule has 0 spiro atoms. The first-order valence-corrected chi connectivity index (χ1v) is 11.1. The second kappa shape index (κ2) is 9.88. The molecule has 0 aliphatic rings. The molecule has 10 nitrogen and oxygen atoms in total. The van der Waals surface area contributed by atoms with E-state index in [9.17, 15) is 9.59 Å². The van der Waals surface area contributed by atoms with E-state index in [0.29, 0.717) is 39.3 Å². The number of nitrogen functional groups attached to an aromatic ring is 1. The third-order valence-electron chi connectivity index (χ3n) is 5.55. The van der Waals surface area contributed by atoms with Crippen LogP contribution >= 0.6 is 0 Å². The van der Waals surface area contributed by atoms with Gasteiger partial charge in [0.15, 0.2) is 17.1 Å². The van der Waals surface area contributed by atoms with Crippen LogP contribution in [0.5, 0.6) is 11.5 Å². The molecule has 1 unspecified atom stereocenters. The number of ether oxygens (including phenoxy) is 3. The highest BCUT2D eigenvalue weighted by Crippen LogP contribution is 2.29. The molecule has 4 aromatic rings. The lowest BCUT2D eigenvalue weighted by molar-refractivity contribution is 0.0529. The van der Waals surface area contributed by atoms with E-state index in [0.717, 1.165) is 0 Å². The van der Waals surface area contributed by atoms with Gasteiger partial charge in [-0.3, -0.25) is 4.79 Å². The second-order valence-electron chi connectivity index (χ2n) is 7.92. The van der Waals surface area contributed by atoms with E-state index in [1.54, 1.807) is 29.7 Å². The van der Waals surface area contributed by atoms with Crippen LogP contribution in [0.1, 0.15) is 34.6 Å². The number of para-hydroxylation sites is 2. The minimum absolute atomic E-state index is 0.165. The van der Waals surface area contributed by atoms with Crippen LogP contribution in [0.4, 0.5) is 5.82 Å². The van der Waals surface area contributed by atoms with Crippen LogP contribution in [0.3, 0.4) is 0 Å². The minimum atomic E-state index is -0.569. The summed E-state index contributed by atoms with van der Waals surface area (Å²) in [6.45, 7) is 4.01. The molecule has 0 radical (unpaired) electrons. The maximum Gasteiger partial charge on any atom is 0.344 e. The summed E-state index contributed by atoms with van der Waals surface area (Å²) in [6.07, 6.45) is 0. The van der Waals surface area contributed by atoms with Gasteiger partial charge in [-0.25, -0.2) is 14.8 Å². The molecule has 4 rings (SSSR count). The molecule has 3 N–H and O–H groups in total. The fraction of sp³-hybridized carbons (Fsp3) is 0.280. The number of carbonyl (C=O) groups is 2. The third kappa shape index (κ3) is 4.54.